The van der Waals surface area contributed by atoms with Crippen LogP contribution in [0.1, 0.15) is 89.5 Å². The normalized spacial score (nSPS) is 21.7. The molecule has 1 saturated carbocycles. The molecular formula is C32H44N2O6S. The zero-order valence-corrected chi connectivity index (χ0v) is 25.7. The van der Waals surface area contributed by atoms with Gasteiger partial charge in [0.25, 0.3) is 0 Å². The summed E-state index contributed by atoms with van der Waals surface area (Å²) in [5.41, 5.74) is -0.617. The summed E-state index contributed by atoms with van der Waals surface area (Å²) in [7, 11) is -4.01. The van der Waals surface area contributed by atoms with Crippen molar-refractivity contribution < 1.29 is 27.5 Å². The highest BCUT2D eigenvalue weighted by molar-refractivity contribution is 7.90. The van der Waals surface area contributed by atoms with Crippen molar-refractivity contribution in [2.75, 3.05) is 6.54 Å². The van der Waals surface area contributed by atoms with Crippen molar-refractivity contribution in [1.29, 1.82) is 0 Å². The number of carbonyl (C=O) groups excluding carboxylic acids is 2. The van der Waals surface area contributed by atoms with Crippen molar-refractivity contribution in [3.63, 3.8) is 0 Å². The Bertz CT molecular complexity index is 1240. The monoisotopic (exact) mass is 584 g/mol. The summed E-state index contributed by atoms with van der Waals surface area (Å²) in [4.78, 5) is 28.7. The molecule has 0 radical (unpaired) electrons. The van der Waals surface area contributed by atoms with Gasteiger partial charge in [0.05, 0.1) is 12.6 Å². The predicted molar refractivity (Wildman–Crippen MR) is 159 cm³/mol. The lowest BCUT2D eigenvalue weighted by Crippen LogP contribution is -2.51. The van der Waals surface area contributed by atoms with Crippen LogP contribution in [-0.2, 0) is 24.3 Å². The Labute approximate surface area is 244 Å². The van der Waals surface area contributed by atoms with Crippen molar-refractivity contribution in [2.45, 2.75) is 102 Å². The molecule has 224 valence electrons. The number of benzene rings is 2. The van der Waals surface area contributed by atoms with Gasteiger partial charge in [-0.3, -0.25) is 9.69 Å². The van der Waals surface area contributed by atoms with Gasteiger partial charge < -0.3 is 9.47 Å². The van der Waals surface area contributed by atoms with Gasteiger partial charge in [-0.25, -0.2) is 17.9 Å². The molecule has 2 aromatic rings. The van der Waals surface area contributed by atoms with E-state index in [1.165, 1.54) is 6.42 Å². The molecule has 0 unspecified atom stereocenters. The fourth-order valence-electron chi connectivity index (χ4n) is 6.08. The number of ether oxygens (including phenoxy) is 2. The zero-order chi connectivity index (χ0) is 29.8. The number of hydrogen-bond acceptors (Lipinski definition) is 6. The Morgan fingerprint density at radius 2 is 1.51 bits per heavy atom. The number of ketones is 1. The van der Waals surface area contributed by atoms with E-state index < -0.39 is 57.2 Å². The van der Waals surface area contributed by atoms with Gasteiger partial charge in [0.15, 0.2) is 5.78 Å². The minimum atomic E-state index is -4.01. The number of nitrogens with one attached hydrogen (secondary N) is 1. The van der Waals surface area contributed by atoms with E-state index in [9.17, 15) is 18.0 Å². The molecule has 1 N–H and O–H groups in total. The molecule has 4 rings (SSSR count). The number of carbonyl (C=O) groups is 2. The van der Waals surface area contributed by atoms with Crippen molar-refractivity contribution in [1.82, 2.24) is 9.62 Å². The smallest absolute Gasteiger partial charge is 0.412 e. The van der Waals surface area contributed by atoms with Crippen LogP contribution in [0.2, 0.25) is 0 Å². The summed E-state index contributed by atoms with van der Waals surface area (Å²) in [6, 6.07) is 17.3. The first kappa shape index (κ1) is 31.2. The molecule has 2 atom stereocenters. The molecular weight excluding hydrogens is 540 g/mol. The topological polar surface area (TPSA) is 102 Å². The summed E-state index contributed by atoms with van der Waals surface area (Å²) in [5.74, 6) is -0.0582. The van der Waals surface area contributed by atoms with Crippen LogP contribution >= 0.6 is 0 Å². The Hall–Kier alpha value is -2.75. The fraction of sp³-hybridized carbons (Fsp3) is 0.562. The van der Waals surface area contributed by atoms with Crippen LogP contribution < -0.4 is 4.72 Å². The molecule has 1 heterocycles. The second kappa shape index (κ2) is 12.6. The Morgan fingerprint density at radius 3 is 2.02 bits per heavy atom. The van der Waals surface area contributed by atoms with E-state index in [-0.39, 0.29) is 0 Å². The fourth-order valence-corrected chi connectivity index (χ4v) is 7.62. The number of nitrogens with zero attached hydrogens (tertiary/aromatic N) is 1. The van der Waals surface area contributed by atoms with Gasteiger partial charge in [0.2, 0.25) is 10.0 Å². The first-order valence-corrected chi connectivity index (χ1v) is 16.1. The summed E-state index contributed by atoms with van der Waals surface area (Å²) in [6.45, 7) is 8.48. The first-order chi connectivity index (χ1) is 19.3. The average molecular weight is 585 g/mol. The maximum Gasteiger partial charge on any atom is 0.412 e. The maximum atomic E-state index is 13.8. The molecule has 0 bridgehead atoms. The maximum absolute atomic E-state index is 13.8. The molecule has 0 aromatic heterocycles. The van der Waals surface area contributed by atoms with E-state index in [1.807, 2.05) is 12.1 Å². The molecule has 9 heteroatoms. The van der Waals surface area contributed by atoms with Crippen LogP contribution in [-0.4, -0.2) is 55.2 Å². The molecule has 1 saturated heterocycles. The number of Topliss-reactive ketones (excluding diaryl/α,β-unsaturated/α-hetero) is 1. The molecule has 1 amide bonds. The van der Waals surface area contributed by atoms with E-state index in [4.69, 9.17) is 9.47 Å². The number of amides is 1. The highest BCUT2D eigenvalue weighted by Gasteiger charge is 2.54. The van der Waals surface area contributed by atoms with Gasteiger partial charge >= 0.3 is 6.09 Å². The molecule has 2 aliphatic rings. The minimum Gasteiger partial charge on any atom is -0.444 e. The van der Waals surface area contributed by atoms with Crippen LogP contribution in [0.15, 0.2) is 60.7 Å². The van der Waals surface area contributed by atoms with Crippen LogP contribution in [0, 0.1) is 5.92 Å². The Morgan fingerprint density at radius 1 is 0.976 bits per heavy atom. The SMILES string of the molecule is CC(C)(C)OC(=O)N1[C@@H](CC2CCCCC2)[C@H](C(=O)CNS(=O)(=O)C(c2ccccc2)c2ccccc2)OC1(C)C. The van der Waals surface area contributed by atoms with E-state index in [0.717, 1.165) is 25.7 Å². The summed E-state index contributed by atoms with van der Waals surface area (Å²) < 4.78 is 42.0. The number of hydrogen-bond donors (Lipinski definition) is 1. The quantitative estimate of drug-likeness (QED) is 0.389. The molecule has 0 spiro atoms. The van der Waals surface area contributed by atoms with Crippen LogP contribution in [0.25, 0.3) is 0 Å². The second-order valence-corrected chi connectivity index (χ2v) is 14.5. The number of rotatable bonds is 9. The third-order valence-electron chi connectivity index (χ3n) is 7.85. The van der Waals surface area contributed by atoms with Crippen molar-refractivity contribution in [3.8, 4) is 0 Å². The van der Waals surface area contributed by atoms with E-state index in [1.54, 1.807) is 88.0 Å². The van der Waals surface area contributed by atoms with Crippen LogP contribution in [0.3, 0.4) is 0 Å². The molecule has 2 fully saturated rings. The van der Waals surface area contributed by atoms with Gasteiger partial charge in [-0.2, -0.15) is 0 Å². The van der Waals surface area contributed by atoms with Gasteiger partial charge in [-0.1, -0.05) is 92.8 Å². The lowest BCUT2D eigenvalue weighted by atomic mass is 9.83. The predicted octanol–water partition coefficient (Wildman–Crippen LogP) is 5.98. The third-order valence-corrected chi connectivity index (χ3v) is 9.56. The molecule has 1 aliphatic carbocycles. The summed E-state index contributed by atoms with van der Waals surface area (Å²) in [5, 5.41) is -0.991. The minimum absolute atomic E-state index is 0.351. The van der Waals surface area contributed by atoms with Gasteiger partial charge in [-0.15, -0.1) is 0 Å². The van der Waals surface area contributed by atoms with Crippen molar-refractivity contribution >= 4 is 21.9 Å². The van der Waals surface area contributed by atoms with E-state index in [0.29, 0.717) is 23.5 Å². The van der Waals surface area contributed by atoms with Gasteiger partial charge in [0, 0.05) is 0 Å². The van der Waals surface area contributed by atoms with Gasteiger partial charge in [-0.05, 0) is 58.1 Å². The molecule has 41 heavy (non-hydrogen) atoms. The summed E-state index contributed by atoms with van der Waals surface area (Å²) >= 11 is 0. The Balaban J connectivity index is 1.58. The van der Waals surface area contributed by atoms with Gasteiger partial charge in [0.1, 0.15) is 22.7 Å². The van der Waals surface area contributed by atoms with Crippen molar-refractivity contribution in [3.05, 3.63) is 71.8 Å². The molecule has 2 aromatic carbocycles. The van der Waals surface area contributed by atoms with E-state index in [2.05, 4.69) is 4.72 Å². The first-order valence-electron chi connectivity index (χ1n) is 14.6. The summed E-state index contributed by atoms with van der Waals surface area (Å²) in [6.07, 6.45) is 4.57. The zero-order valence-electron chi connectivity index (χ0n) is 24.8. The van der Waals surface area contributed by atoms with Crippen molar-refractivity contribution in [2.24, 2.45) is 5.92 Å². The van der Waals surface area contributed by atoms with Crippen LogP contribution in [0.4, 0.5) is 4.79 Å². The lowest BCUT2D eigenvalue weighted by Gasteiger charge is -2.36. The number of sulfonamides is 1. The Kier molecular flexibility index (Phi) is 9.61. The molecule has 1 aliphatic heterocycles. The highest BCUT2D eigenvalue weighted by Crippen LogP contribution is 2.40. The third kappa shape index (κ3) is 7.76. The van der Waals surface area contributed by atoms with Crippen LogP contribution in [0.5, 0.6) is 0 Å². The second-order valence-electron chi connectivity index (χ2n) is 12.7. The standard InChI is InChI=1S/C32H44N2O6S/c1-31(2,3)40-30(36)34-26(21-23-15-9-6-10-16-23)28(39-32(34,4)5)27(35)22-33-41(37,38)29(24-17-11-7-12-18-24)25-19-13-8-14-20-25/h7-8,11-14,17-20,23,26,28-29,33H,6,9-10,15-16,21-22H2,1-5H3/t26-,28+/m0/s1. The largest absolute Gasteiger partial charge is 0.444 e. The lowest BCUT2D eigenvalue weighted by molar-refractivity contribution is -0.135. The highest BCUT2D eigenvalue weighted by atomic mass is 32.2. The van der Waals surface area contributed by atoms with E-state index >= 15 is 0 Å². The average Bonchev–Trinajstić information content (AvgIpc) is 3.18. The molecule has 8 nitrogen and oxygen atoms in total.